The summed E-state index contributed by atoms with van der Waals surface area (Å²) < 4.78 is 11.0. The van der Waals surface area contributed by atoms with Gasteiger partial charge in [-0.25, -0.2) is 0 Å². The second kappa shape index (κ2) is 6.13. The van der Waals surface area contributed by atoms with E-state index < -0.39 is 0 Å². The molecule has 0 spiro atoms. The zero-order chi connectivity index (χ0) is 14.5. The van der Waals surface area contributed by atoms with E-state index in [1.165, 1.54) is 0 Å². The summed E-state index contributed by atoms with van der Waals surface area (Å²) in [5, 5.41) is 8.34. The molecule has 0 atom stereocenters. The first kappa shape index (κ1) is 13.2. The highest BCUT2D eigenvalue weighted by Crippen LogP contribution is 2.27. The lowest BCUT2D eigenvalue weighted by Crippen LogP contribution is -2.04. The molecule has 0 aliphatic heterocycles. The monoisotopic (exact) mass is 282 g/mol. The molecule has 0 bridgehead atoms. The summed E-state index contributed by atoms with van der Waals surface area (Å²) in [6.45, 7) is 2.60. The molecule has 3 heterocycles. The third-order valence-electron chi connectivity index (χ3n) is 2.79. The third kappa shape index (κ3) is 2.89. The van der Waals surface area contributed by atoms with Gasteiger partial charge in [-0.1, -0.05) is 6.92 Å². The van der Waals surface area contributed by atoms with Crippen LogP contribution < -0.4 is 4.74 Å². The Labute approximate surface area is 121 Å². The van der Waals surface area contributed by atoms with Gasteiger partial charge in [0.05, 0.1) is 12.9 Å². The number of aromatic nitrogens is 4. The molecule has 3 aromatic rings. The Morgan fingerprint density at radius 2 is 2.00 bits per heavy atom. The summed E-state index contributed by atoms with van der Waals surface area (Å²) >= 11 is 0. The predicted molar refractivity (Wildman–Crippen MR) is 76.5 cm³/mol. The molecular weight excluding hydrogens is 268 g/mol. The van der Waals surface area contributed by atoms with Gasteiger partial charge in [-0.05, 0) is 30.7 Å². The van der Waals surface area contributed by atoms with Gasteiger partial charge < -0.3 is 9.15 Å². The van der Waals surface area contributed by atoms with Gasteiger partial charge in [0, 0.05) is 18.0 Å². The van der Waals surface area contributed by atoms with Gasteiger partial charge in [-0.3, -0.25) is 4.98 Å². The SMILES string of the molecule is CCCOc1nc(-c2ccco2)nnc1-c1ccncc1. The maximum absolute atomic E-state index is 5.70. The van der Waals surface area contributed by atoms with E-state index >= 15 is 0 Å². The fraction of sp³-hybridized carbons (Fsp3) is 0.200. The summed E-state index contributed by atoms with van der Waals surface area (Å²) in [5.41, 5.74) is 1.46. The highest BCUT2D eigenvalue weighted by Gasteiger charge is 2.15. The molecule has 0 saturated carbocycles. The maximum atomic E-state index is 5.70. The molecule has 6 nitrogen and oxygen atoms in total. The van der Waals surface area contributed by atoms with E-state index in [2.05, 4.69) is 20.2 Å². The van der Waals surface area contributed by atoms with Gasteiger partial charge in [0.25, 0.3) is 0 Å². The van der Waals surface area contributed by atoms with E-state index in [0.717, 1.165) is 12.0 Å². The smallest absolute Gasteiger partial charge is 0.244 e. The standard InChI is InChI=1S/C15H14N4O2/c1-2-9-21-15-13(11-5-7-16-8-6-11)18-19-14(17-15)12-4-3-10-20-12/h3-8,10H,2,9H2,1H3. The molecule has 3 aromatic heterocycles. The van der Waals surface area contributed by atoms with E-state index in [0.29, 0.717) is 29.8 Å². The van der Waals surface area contributed by atoms with Gasteiger partial charge >= 0.3 is 0 Å². The van der Waals surface area contributed by atoms with Crippen molar-refractivity contribution in [3.63, 3.8) is 0 Å². The normalized spacial score (nSPS) is 10.5. The minimum Gasteiger partial charge on any atom is -0.476 e. The van der Waals surface area contributed by atoms with Gasteiger partial charge in [-0.2, -0.15) is 4.98 Å². The van der Waals surface area contributed by atoms with E-state index in [-0.39, 0.29) is 0 Å². The van der Waals surface area contributed by atoms with Crippen LogP contribution in [0, 0.1) is 0 Å². The highest BCUT2D eigenvalue weighted by atomic mass is 16.5. The number of hydrogen-bond acceptors (Lipinski definition) is 6. The molecule has 0 N–H and O–H groups in total. The van der Waals surface area contributed by atoms with Crippen LogP contribution in [0.15, 0.2) is 47.3 Å². The van der Waals surface area contributed by atoms with Crippen molar-refractivity contribution in [1.29, 1.82) is 0 Å². The molecule has 0 amide bonds. The Kier molecular flexibility index (Phi) is 3.86. The third-order valence-corrected chi connectivity index (χ3v) is 2.79. The second-order valence-corrected chi connectivity index (χ2v) is 4.35. The molecule has 6 heteroatoms. The Morgan fingerprint density at radius 3 is 2.71 bits per heavy atom. The molecule has 0 aliphatic rings. The number of hydrogen-bond donors (Lipinski definition) is 0. The van der Waals surface area contributed by atoms with Crippen LogP contribution in [0.5, 0.6) is 5.88 Å². The van der Waals surface area contributed by atoms with Crippen LogP contribution in [0.1, 0.15) is 13.3 Å². The zero-order valence-corrected chi connectivity index (χ0v) is 11.6. The van der Waals surface area contributed by atoms with Crippen molar-refractivity contribution in [1.82, 2.24) is 20.2 Å². The van der Waals surface area contributed by atoms with Crippen LogP contribution in [0.25, 0.3) is 22.8 Å². The summed E-state index contributed by atoms with van der Waals surface area (Å²) in [6, 6.07) is 7.25. The maximum Gasteiger partial charge on any atom is 0.244 e. The number of ether oxygens (including phenoxy) is 1. The van der Waals surface area contributed by atoms with E-state index in [1.807, 2.05) is 19.1 Å². The molecule has 3 rings (SSSR count). The number of rotatable bonds is 5. The molecule has 0 fully saturated rings. The molecular formula is C15H14N4O2. The molecule has 21 heavy (non-hydrogen) atoms. The minimum atomic E-state index is 0.406. The number of nitrogens with zero attached hydrogens (tertiary/aromatic N) is 4. The second-order valence-electron chi connectivity index (χ2n) is 4.35. The molecule has 106 valence electrons. The largest absolute Gasteiger partial charge is 0.476 e. The van der Waals surface area contributed by atoms with Crippen molar-refractivity contribution in [2.75, 3.05) is 6.61 Å². The first-order valence-electron chi connectivity index (χ1n) is 6.70. The average molecular weight is 282 g/mol. The lowest BCUT2D eigenvalue weighted by Gasteiger charge is -2.09. The quantitative estimate of drug-likeness (QED) is 0.716. The summed E-state index contributed by atoms with van der Waals surface area (Å²) in [5.74, 6) is 1.42. The first-order chi connectivity index (χ1) is 10.4. The molecule has 0 saturated heterocycles. The van der Waals surface area contributed by atoms with Crippen molar-refractivity contribution in [3.8, 4) is 28.7 Å². The van der Waals surface area contributed by atoms with Crippen LogP contribution >= 0.6 is 0 Å². The van der Waals surface area contributed by atoms with Crippen LogP contribution in [0.2, 0.25) is 0 Å². The Morgan fingerprint density at radius 1 is 1.14 bits per heavy atom. The van der Waals surface area contributed by atoms with Crippen LogP contribution in [-0.4, -0.2) is 26.8 Å². The summed E-state index contributed by atoms with van der Waals surface area (Å²) in [6.07, 6.45) is 5.85. The highest BCUT2D eigenvalue weighted by molar-refractivity contribution is 5.64. The molecule has 0 unspecified atom stereocenters. The average Bonchev–Trinajstić information content (AvgIpc) is 3.08. The Bertz CT molecular complexity index is 699. The number of furan rings is 1. The van der Waals surface area contributed by atoms with Crippen molar-refractivity contribution in [2.45, 2.75) is 13.3 Å². The van der Waals surface area contributed by atoms with Gasteiger partial charge in [0.2, 0.25) is 11.7 Å². The topological polar surface area (TPSA) is 73.9 Å². The molecule has 0 aliphatic carbocycles. The Hall–Kier alpha value is -2.76. The van der Waals surface area contributed by atoms with Crippen LogP contribution in [-0.2, 0) is 0 Å². The fourth-order valence-corrected chi connectivity index (χ4v) is 1.81. The predicted octanol–water partition coefficient (Wildman–Crippen LogP) is 2.98. The lowest BCUT2D eigenvalue weighted by atomic mass is 10.2. The van der Waals surface area contributed by atoms with E-state index in [1.54, 1.807) is 30.8 Å². The first-order valence-corrected chi connectivity index (χ1v) is 6.70. The number of pyridine rings is 1. The fourth-order valence-electron chi connectivity index (χ4n) is 1.81. The van der Waals surface area contributed by atoms with Gasteiger partial charge in [0.15, 0.2) is 11.5 Å². The van der Waals surface area contributed by atoms with Crippen LogP contribution in [0.3, 0.4) is 0 Å². The minimum absolute atomic E-state index is 0.406. The van der Waals surface area contributed by atoms with E-state index in [4.69, 9.17) is 9.15 Å². The van der Waals surface area contributed by atoms with Crippen molar-refractivity contribution in [2.24, 2.45) is 0 Å². The summed E-state index contributed by atoms with van der Waals surface area (Å²) in [4.78, 5) is 8.42. The van der Waals surface area contributed by atoms with Gasteiger partial charge in [0.1, 0.15) is 0 Å². The molecule has 0 aromatic carbocycles. The zero-order valence-electron chi connectivity index (χ0n) is 11.6. The van der Waals surface area contributed by atoms with Crippen molar-refractivity contribution < 1.29 is 9.15 Å². The summed E-state index contributed by atoms with van der Waals surface area (Å²) in [7, 11) is 0. The van der Waals surface area contributed by atoms with Crippen molar-refractivity contribution in [3.05, 3.63) is 42.9 Å². The Balaban J connectivity index is 2.03. The van der Waals surface area contributed by atoms with Gasteiger partial charge in [-0.15, -0.1) is 10.2 Å². The lowest BCUT2D eigenvalue weighted by molar-refractivity contribution is 0.304. The van der Waals surface area contributed by atoms with E-state index in [9.17, 15) is 0 Å². The van der Waals surface area contributed by atoms with Crippen molar-refractivity contribution >= 4 is 0 Å². The molecule has 0 radical (unpaired) electrons. The van der Waals surface area contributed by atoms with Crippen LogP contribution in [0.4, 0.5) is 0 Å².